The van der Waals surface area contributed by atoms with Gasteiger partial charge in [-0.3, -0.25) is 0 Å². The second-order valence-electron chi connectivity index (χ2n) is 4.42. The average molecular weight is 278 g/mol. The van der Waals surface area contributed by atoms with Gasteiger partial charge in [-0.25, -0.2) is 0 Å². The summed E-state index contributed by atoms with van der Waals surface area (Å²) < 4.78 is 5.76. The zero-order valence-electron chi connectivity index (χ0n) is 10.9. The molecule has 0 saturated carbocycles. The van der Waals surface area contributed by atoms with Crippen molar-refractivity contribution in [1.82, 2.24) is 0 Å². The Morgan fingerprint density at radius 2 is 1.95 bits per heavy atom. The number of anilines is 1. The summed E-state index contributed by atoms with van der Waals surface area (Å²) in [5, 5.41) is 9.52. The van der Waals surface area contributed by atoms with E-state index in [1.54, 1.807) is 18.2 Å². The van der Waals surface area contributed by atoms with E-state index in [-0.39, 0.29) is 6.61 Å². The molecule has 100 valence electrons. The molecule has 0 aromatic heterocycles. The van der Waals surface area contributed by atoms with Gasteiger partial charge in [-0.1, -0.05) is 23.7 Å². The van der Waals surface area contributed by atoms with Crippen LogP contribution in [0.15, 0.2) is 42.5 Å². The van der Waals surface area contributed by atoms with Crippen LogP contribution >= 0.6 is 11.6 Å². The topological polar surface area (TPSA) is 32.7 Å². The summed E-state index contributed by atoms with van der Waals surface area (Å²) in [4.78, 5) is 2.00. The maximum atomic E-state index is 9.04. The second kappa shape index (κ2) is 5.95. The molecule has 3 nitrogen and oxygen atoms in total. The van der Waals surface area contributed by atoms with Crippen molar-refractivity contribution in [2.24, 2.45) is 0 Å². The van der Waals surface area contributed by atoms with Crippen LogP contribution in [0.3, 0.4) is 0 Å². The molecular weight excluding hydrogens is 262 g/mol. The molecule has 0 aliphatic heterocycles. The molecule has 1 N–H and O–H groups in total. The van der Waals surface area contributed by atoms with Crippen LogP contribution in [0, 0.1) is 0 Å². The van der Waals surface area contributed by atoms with Crippen LogP contribution in [-0.2, 0) is 6.61 Å². The molecule has 0 saturated heterocycles. The number of ether oxygens (including phenoxy) is 1. The minimum Gasteiger partial charge on any atom is -0.456 e. The number of benzene rings is 2. The van der Waals surface area contributed by atoms with Gasteiger partial charge < -0.3 is 14.7 Å². The molecular formula is C15H16ClNO2. The fourth-order valence-corrected chi connectivity index (χ4v) is 1.92. The van der Waals surface area contributed by atoms with Crippen LogP contribution < -0.4 is 9.64 Å². The number of aliphatic hydroxyl groups is 1. The van der Waals surface area contributed by atoms with E-state index in [4.69, 9.17) is 21.4 Å². The summed E-state index contributed by atoms with van der Waals surface area (Å²) in [5.74, 6) is 1.31. The molecule has 2 aromatic carbocycles. The van der Waals surface area contributed by atoms with Crippen molar-refractivity contribution in [1.29, 1.82) is 0 Å². The normalized spacial score (nSPS) is 10.3. The number of aliphatic hydroxyl groups excluding tert-OH is 1. The highest BCUT2D eigenvalue weighted by molar-refractivity contribution is 6.32. The van der Waals surface area contributed by atoms with Crippen molar-refractivity contribution >= 4 is 17.3 Å². The summed E-state index contributed by atoms with van der Waals surface area (Å²) in [7, 11) is 3.95. The molecule has 0 radical (unpaired) electrons. The summed E-state index contributed by atoms with van der Waals surface area (Å²) in [6.45, 7) is -0.0316. The molecule has 0 aliphatic carbocycles. The molecule has 0 aliphatic rings. The first-order valence-electron chi connectivity index (χ1n) is 5.94. The maximum absolute atomic E-state index is 9.04. The van der Waals surface area contributed by atoms with Crippen LogP contribution in [0.2, 0.25) is 5.02 Å². The van der Waals surface area contributed by atoms with Crippen LogP contribution in [0.25, 0.3) is 0 Å². The zero-order chi connectivity index (χ0) is 13.8. The van der Waals surface area contributed by atoms with E-state index in [2.05, 4.69) is 0 Å². The molecule has 2 aromatic rings. The van der Waals surface area contributed by atoms with E-state index in [1.807, 2.05) is 43.3 Å². The van der Waals surface area contributed by atoms with Gasteiger partial charge in [0.25, 0.3) is 0 Å². The summed E-state index contributed by atoms with van der Waals surface area (Å²) in [6, 6.07) is 13.0. The van der Waals surface area contributed by atoms with Crippen molar-refractivity contribution in [3.8, 4) is 11.5 Å². The number of hydrogen-bond acceptors (Lipinski definition) is 3. The van der Waals surface area contributed by atoms with Gasteiger partial charge in [0.15, 0.2) is 0 Å². The van der Waals surface area contributed by atoms with Crippen LogP contribution in [0.1, 0.15) is 5.56 Å². The third-order valence-electron chi connectivity index (χ3n) is 2.74. The molecule has 0 heterocycles. The zero-order valence-corrected chi connectivity index (χ0v) is 11.7. The monoisotopic (exact) mass is 277 g/mol. The number of halogens is 1. The molecule has 19 heavy (non-hydrogen) atoms. The Kier molecular flexibility index (Phi) is 4.30. The quantitative estimate of drug-likeness (QED) is 0.925. The smallest absolute Gasteiger partial charge is 0.146 e. The Hall–Kier alpha value is -1.71. The molecule has 0 spiro atoms. The van der Waals surface area contributed by atoms with Crippen LogP contribution in [0.4, 0.5) is 5.69 Å². The lowest BCUT2D eigenvalue weighted by atomic mass is 10.2. The summed E-state index contributed by atoms with van der Waals surface area (Å²) in [5.41, 5.74) is 1.82. The Bertz CT molecular complexity index is 570. The lowest BCUT2D eigenvalue weighted by molar-refractivity contribution is 0.281. The van der Waals surface area contributed by atoms with Gasteiger partial charge in [-0.2, -0.15) is 0 Å². The molecule has 0 amide bonds. The van der Waals surface area contributed by atoms with Gasteiger partial charge in [-0.15, -0.1) is 0 Å². The van der Waals surface area contributed by atoms with Crippen molar-refractivity contribution in [2.75, 3.05) is 19.0 Å². The fourth-order valence-electron chi connectivity index (χ4n) is 1.68. The Morgan fingerprint density at radius 3 is 2.58 bits per heavy atom. The van der Waals surface area contributed by atoms with E-state index in [0.29, 0.717) is 10.8 Å². The largest absolute Gasteiger partial charge is 0.456 e. The second-order valence-corrected chi connectivity index (χ2v) is 4.82. The van der Waals surface area contributed by atoms with Crippen LogP contribution in [-0.4, -0.2) is 19.2 Å². The third-order valence-corrected chi connectivity index (χ3v) is 3.04. The summed E-state index contributed by atoms with van der Waals surface area (Å²) in [6.07, 6.45) is 0. The van der Waals surface area contributed by atoms with E-state index < -0.39 is 0 Å². The third kappa shape index (κ3) is 3.40. The minimum absolute atomic E-state index is 0.0316. The molecule has 0 fully saturated rings. The maximum Gasteiger partial charge on any atom is 0.146 e. The molecule has 0 atom stereocenters. The van der Waals surface area contributed by atoms with Crippen molar-refractivity contribution in [3.63, 3.8) is 0 Å². The Morgan fingerprint density at radius 1 is 1.16 bits per heavy atom. The first-order valence-corrected chi connectivity index (χ1v) is 6.32. The van der Waals surface area contributed by atoms with E-state index in [1.165, 1.54) is 0 Å². The Balaban J connectivity index is 2.23. The number of hydrogen-bond donors (Lipinski definition) is 1. The first-order chi connectivity index (χ1) is 9.10. The highest BCUT2D eigenvalue weighted by atomic mass is 35.5. The molecule has 0 bridgehead atoms. The highest BCUT2D eigenvalue weighted by Gasteiger charge is 2.05. The predicted octanol–water partition coefficient (Wildman–Crippen LogP) is 3.69. The number of nitrogens with zero attached hydrogens (tertiary/aromatic N) is 1. The van der Waals surface area contributed by atoms with Crippen molar-refractivity contribution in [3.05, 3.63) is 53.1 Å². The average Bonchev–Trinajstić information content (AvgIpc) is 2.41. The van der Waals surface area contributed by atoms with E-state index in [9.17, 15) is 0 Å². The van der Waals surface area contributed by atoms with Crippen molar-refractivity contribution in [2.45, 2.75) is 6.61 Å². The standard InChI is InChI=1S/C15H16ClNO2/c1-17(2)12-4-3-5-13(9-12)19-15-7-6-11(10-18)8-14(15)16/h3-9,18H,10H2,1-2H3. The van der Waals surface area contributed by atoms with E-state index in [0.717, 1.165) is 17.0 Å². The SMILES string of the molecule is CN(C)c1cccc(Oc2ccc(CO)cc2Cl)c1. The lowest BCUT2D eigenvalue weighted by Gasteiger charge is -2.14. The lowest BCUT2D eigenvalue weighted by Crippen LogP contribution is -2.08. The number of rotatable bonds is 4. The molecule has 0 unspecified atom stereocenters. The van der Waals surface area contributed by atoms with E-state index >= 15 is 0 Å². The Labute approximate surface area is 118 Å². The molecule has 4 heteroatoms. The van der Waals surface area contributed by atoms with Gasteiger partial charge >= 0.3 is 0 Å². The molecule has 2 rings (SSSR count). The minimum atomic E-state index is -0.0316. The first kappa shape index (κ1) is 13.7. The fraction of sp³-hybridized carbons (Fsp3) is 0.200. The van der Waals surface area contributed by atoms with Crippen LogP contribution in [0.5, 0.6) is 11.5 Å². The predicted molar refractivity (Wildman–Crippen MR) is 78.2 cm³/mol. The van der Waals surface area contributed by atoms with Gasteiger partial charge in [0.2, 0.25) is 0 Å². The highest BCUT2D eigenvalue weighted by Crippen LogP contribution is 2.31. The van der Waals surface area contributed by atoms with Gasteiger partial charge in [0.05, 0.1) is 11.6 Å². The van der Waals surface area contributed by atoms with Gasteiger partial charge in [0, 0.05) is 25.8 Å². The van der Waals surface area contributed by atoms with Crippen molar-refractivity contribution < 1.29 is 9.84 Å². The summed E-state index contributed by atoms with van der Waals surface area (Å²) >= 11 is 6.11. The van der Waals surface area contributed by atoms with Gasteiger partial charge in [0.1, 0.15) is 11.5 Å². The van der Waals surface area contributed by atoms with Gasteiger partial charge in [-0.05, 0) is 29.8 Å².